The largest absolute Gasteiger partial charge is 0.449 e. The summed E-state index contributed by atoms with van der Waals surface area (Å²) in [6.45, 7) is 5.50. The Bertz CT molecular complexity index is 1150. The highest BCUT2D eigenvalue weighted by Crippen LogP contribution is 2.33. The van der Waals surface area contributed by atoms with Gasteiger partial charge >= 0.3 is 6.09 Å². The van der Waals surface area contributed by atoms with Gasteiger partial charge in [0, 0.05) is 35.8 Å². The molecule has 1 aliphatic rings. The number of H-pyrrole nitrogens is 1. The Morgan fingerprint density at radius 3 is 2.68 bits per heavy atom. The fraction of sp³-hybridized carbons (Fsp3) is 0.292. The zero-order valence-corrected chi connectivity index (χ0v) is 17.7. The molecule has 4 rings (SSSR count). The summed E-state index contributed by atoms with van der Waals surface area (Å²) in [6.07, 6.45) is 4.33. The van der Waals surface area contributed by atoms with Crippen LogP contribution >= 0.6 is 0 Å². The van der Waals surface area contributed by atoms with Gasteiger partial charge in [-0.25, -0.2) is 9.78 Å². The van der Waals surface area contributed by atoms with Crippen LogP contribution in [0, 0.1) is 5.92 Å². The highest BCUT2D eigenvalue weighted by molar-refractivity contribution is 6.07. The number of nitrogens with zero attached hydrogens (tertiary/aromatic N) is 2. The number of rotatable bonds is 5. The first-order valence-corrected chi connectivity index (χ1v) is 10.4. The van der Waals surface area contributed by atoms with Crippen molar-refractivity contribution in [3.05, 3.63) is 59.9 Å². The number of amides is 2. The van der Waals surface area contributed by atoms with Crippen LogP contribution in [0.2, 0.25) is 0 Å². The molecule has 0 bridgehead atoms. The lowest BCUT2D eigenvalue weighted by molar-refractivity contribution is 0.0953. The van der Waals surface area contributed by atoms with E-state index in [0.717, 1.165) is 22.1 Å². The van der Waals surface area contributed by atoms with E-state index in [2.05, 4.69) is 9.97 Å². The number of aromatic nitrogens is 2. The molecule has 0 atom stereocenters. The van der Waals surface area contributed by atoms with E-state index in [0.29, 0.717) is 43.2 Å². The molecule has 2 aromatic heterocycles. The van der Waals surface area contributed by atoms with Gasteiger partial charge in [0.1, 0.15) is 0 Å². The van der Waals surface area contributed by atoms with Gasteiger partial charge in [-0.2, -0.15) is 0 Å². The Morgan fingerprint density at radius 2 is 2.03 bits per heavy atom. The van der Waals surface area contributed by atoms with Gasteiger partial charge in [0.15, 0.2) is 5.69 Å². The number of hydrogen-bond donors (Lipinski definition) is 2. The van der Waals surface area contributed by atoms with E-state index in [1.165, 1.54) is 0 Å². The van der Waals surface area contributed by atoms with Crippen molar-refractivity contribution in [2.45, 2.75) is 20.3 Å². The number of carbonyl (C=O) groups is 2. The molecule has 31 heavy (non-hydrogen) atoms. The maximum Gasteiger partial charge on any atom is 0.410 e. The van der Waals surface area contributed by atoms with Crippen molar-refractivity contribution >= 4 is 28.5 Å². The minimum Gasteiger partial charge on any atom is -0.449 e. The molecule has 1 aromatic carbocycles. The van der Waals surface area contributed by atoms with E-state index < -0.39 is 5.91 Å². The molecule has 1 aliphatic heterocycles. The van der Waals surface area contributed by atoms with E-state index >= 15 is 0 Å². The van der Waals surface area contributed by atoms with E-state index in [9.17, 15) is 9.59 Å². The lowest BCUT2D eigenvalue weighted by Crippen LogP contribution is -2.35. The second kappa shape index (κ2) is 8.63. The highest BCUT2D eigenvalue weighted by atomic mass is 16.6. The van der Waals surface area contributed by atoms with E-state index in [4.69, 9.17) is 10.5 Å². The summed E-state index contributed by atoms with van der Waals surface area (Å²) < 4.78 is 5.34. The minimum atomic E-state index is -0.576. The topological polar surface area (TPSA) is 101 Å². The molecule has 0 spiro atoms. The summed E-state index contributed by atoms with van der Waals surface area (Å²) in [5.74, 6) is -0.272. The molecule has 7 nitrogen and oxygen atoms in total. The number of primary amides is 1. The number of fused-ring (bicyclic) bond motifs is 1. The fourth-order valence-electron chi connectivity index (χ4n) is 3.74. The second-order valence-corrected chi connectivity index (χ2v) is 8.11. The second-order valence-electron chi connectivity index (χ2n) is 8.11. The smallest absolute Gasteiger partial charge is 0.410 e. The number of aromatic amines is 1. The fourth-order valence-corrected chi connectivity index (χ4v) is 3.74. The van der Waals surface area contributed by atoms with Crippen molar-refractivity contribution in [2.75, 3.05) is 19.7 Å². The molecule has 0 aliphatic carbocycles. The Balaban J connectivity index is 1.67. The summed E-state index contributed by atoms with van der Waals surface area (Å²) in [7, 11) is 0. The molecule has 3 N–H and O–H groups in total. The number of ether oxygens (including phenoxy) is 1. The number of nitrogens with two attached hydrogens (primary N) is 1. The molecular weight excluding hydrogens is 392 g/mol. The third-order valence-electron chi connectivity index (χ3n) is 5.33. The van der Waals surface area contributed by atoms with Crippen LogP contribution in [0.5, 0.6) is 0 Å². The van der Waals surface area contributed by atoms with Crippen LogP contribution in [-0.2, 0) is 4.74 Å². The van der Waals surface area contributed by atoms with Gasteiger partial charge in [-0.1, -0.05) is 50.3 Å². The molecule has 0 unspecified atom stereocenters. The van der Waals surface area contributed by atoms with Crippen molar-refractivity contribution in [3.63, 3.8) is 0 Å². The van der Waals surface area contributed by atoms with E-state index in [1.807, 2.05) is 62.5 Å². The van der Waals surface area contributed by atoms with Crippen LogP contribution in [0.25, 0.3) is 27.7 Å². The van der Waals surface area contributed by atoms with Crippen molar-refractivity contribution < 1.29 is 14.3 Å². The molecule has 7 heteroatoms. The summed E-state index contributed by atoms with van der Waals surface area (Å²) in [4.78, 5) is 33.7. The predicted octanol–water partition coefficient (Wildman–Crippen LogP) is 4.21. The maximum atomic E-state index is 12.2. The summed E-state index contributed by atoms with van der Waals surface area (Å²) >= 11 is 0. The number of carbonyl (C=O) groups excluding carboxylic acids is 2. The summed E-state index contributed by atoms with van der Waals surface area (Å²) in [6, 6.07) is 11.7. The molecule has 160 valence electrons. The third-order valence-corrected chi connectivity index (χ3v) is 5.33. The Kier molecular flexibility index (Phi) is 5.75. The molecule has 2 amide bonds. The SMILES string of the molecule is CC(C)COC(=O)N1CC=C(c2c[nH]c3c(C(N)=O)nc(-c4ccccc4)cc23)CC1. The lowest BCUT2D eigenvalue weighted by atomic mass is 9.98. The van der Waals surface area contributed by atoms with Crippen LogP contribution in [0.3, 0.4) is 0 Å². The van der Waals surface area contributed by atoms with Crippen molar-refractivity contribution in [3.8, 4) is 11.3 Å². The number of benzene rings is 1. The number of hydrogen-bond acceptors (Lipinski definition) is 4. The van der Waals surface area contributed by atoms with Crippen LogP contribution < -0.4 is 5.73 Å². The van der Waals surface area contributed by atoms with Crippen molar-refractivity contribution in [1.82, 2.24) is 14.9 Å². The molecule has 3 heterocycles. The van der Waals surface area contributed by atoms with Crippen LogP contribution in [-0.4, -0.2) is 46.6 Å². The first-order valence-electron chi connectivity index (χ1n) is 10.4. The lowest BCUT2D eigenvalue weighted by Gasteiger charge is -2.26. The average Bonchev–Trinajstić information content (AvgIpc) is 3.21. The monoisotopic (exact) mass is 418 g/mol. The van der Waals surface area contributed by atoms with Crippen molar-refractivity contribution in [1.29, 1.82) is 0 Å². The summed E-state index contributed by atoms with van der Waals surface area (Å²) in [5.41, 5.74) is 10.2. The Hall–Kier alpha value is -3.61. The van der Waals surface area contributed by atoms with Gasteiger partial charge in [0.05, 0.1) is 17.8 Å². The maximum absolute atomic E-state index is 12.2. The van der Waals surface area contributed by atoms with Crippen LogP contribution in [0.4, 0.5) is 4.79 Å². The third kappa shape index (κ3) is 4.30. The Morgan fingerprint density at radius 1 is 1.26 bits per heavy atom. The van der Waals surface area contributed by atoms with Crippen molar-refractivity contribution in [2.24, 2.45) is 11.7 Å². The first-order chi connectivity index (χ1) is 14.9. The zero-order valence-electron chi connectivity index (χ0n) is 17.7. The molecule has 3 aromatic rings. The van der Waals surface area contributed by atoms with Crippen LogP contribution in [0.1, 0.15) is 36.3 Å². The predicted molar refractivity (Wildman–Crippen MR) is 120 cm³/mol. The first kappa shape index (κ1) is 20.7. The van der Waals surface area contributed by atoms with E-state index in [1.54, 1.807) is 4.90 Å². The molecule has 0 fully saturated rings. The number of nitrogens with one attached hydrogen (secondary N) is 1. The highest BCUT2D eigenvalue weighted by Gasteiger charge is 2.22. The average molecular weight is 418 g/mol. The van der Waals surface area contributed by atoms with Gasteiger partial charge < -0.3 is 20.4 Å². The Labute approximate surface area is 180 Å². The molecule has 0 saturated carbocycles. The standard InChI is InChI=1S/C24H26N4O3/c1-15(2)14-31-24(30)28-10-8-16(9-11-28)19-13-26-21-18(19)12-20(27-22(21)23(25)29)17-6-4-3-5-7-17/h3-8,12-13,15,26H,9-11,14H2,1-2H3,(H2,25,29). The normalized spacial score (nSPS) is 14.0. The quantitative estimate of drug-likeness (QED) is 0.648. The van der Waals surface area contributed by atoms with E-state index in [-0.39, 0.29) is 11.8 Å². The number of pyridine rings is 1. The molecule has 0 radical (unpaired) electrons. The minimum absolute atomic E-state index is 0.220. The molecule has 0 saturated heterocycles. The van der Waals surface area contributed by atoms with Gasteiger partial charge in [0.2, 0.25) is 0 Å². The van der Waals surface area contributed by atoms with Gasteiger partial charge in [-0.05, 0) is 24.0 Å². The zero-order chi connectivity index (χ0) is 22.0. The van der Waals surface area contributed by atoms with Crippen LogP contribution in [0.15, 0.2) is 48.7 Å². The summed E-state index contributed by atoms with van der Waals surface area (Å²) in [5, 5.41) is 0.893. The molecular formula is C24H26N4O3. The van der Waals surface area contributed by atoms with Gasteiger partial charge in [0.25, 0.3) is 5.91 Å². The van der Waals surface area contributed by atoms with Gasteiger partial charge in [-0.3, -0.25) is 4.79 Å². The van der Waals surface area contributed by atoms with Gasteiger partial charge in [-0.15, -0.1) is 0 Å².